The van der Waals surface area contributed by atoms with Gasteiger partial charge in [0, 0.05) is 18.5 Å². The number of rotatable bonds is 6. The van der Waals surface area contributed by atoms with Gasteiger partial charge < -0.3 is 5.32 Å². The van der Waals surface area contributed by atoms with Crippen molar-refractivity contribution in [2.45, 2.75) is 52.1 Å². The second-order valence-corrected chi connectivity index (χ2v) is 4.79. The molecule has 1 atom stereocenters. The Labute approximate surface area is 98.6 Å². The SMILES string of the molecule is CCC(C)(C)NC(=O)C(C)N(C)CCC#N. The average molecular weight is 225 g/mol. The highest BCUT2D eigenvalue weighted by Crippen LogP contribution is 2.08. The zero-order chi connectivity index (χ0) is 12.8. The zero-order valence-electron chi connectivity index (χ0n) is 11.0. The Morgan fingerprint density at radius 3 is 2.56 bits per heavy atom. The quantitative estimate of drug-likeness (QED) is 0.745. The minimum Gasteiger partial charge on any atom is -0.350 e. The largest absolute Gasteiger partial charge is 0.350 e. The number of carbonyl (C=O) groups excluding carboxylic acids is 1. The lowest BCUT2D eigenvalue weighted by Gasteiger charge is -2.29. The minimum absolute atomic E-state index is 0.0206. The normalized spacial score (nSPS) is 13.3. The molecular weight excluding hydrogens is 202 g/mol. The number of amides is 1. The van der Waals surface area contributed by atoms with Gasteiger partial charge >= 0.3 is 0 Å². The fraction of sp³-hybridized carbons (Fsp3) is 0.833. The maximum Gasteiger partial charge on any atom is 0.237 e. The van der Waals surface area contributed by atoms with Crippen molar-refractivity contribution >= 4 is 5.91 Å². The average Bonchev–Trinajstić information content (AvgIpc) is 2.24. The molecule has 0 spiro atoms. The van der Waals surface area contributed by atoms with Crippen LogP contribution < -0.4 is 5.32 Å². The van der Waals surface area contributed by atoms with Crippen LogP contribution in [0.3, 0.4) is 0 Å². The number of nitrogens with zero attached hydrogens (tertiary/aromatic N) is 2. The van der Waals surface area contributed by atoms with Crippen LogP contribution in [0, 0.1) is 11.3 Å². The number of nitrogens with one attached hydrogen (secondary N) is 1. The summed E-state index contributed by atoms with van der Waals surface area (Å²) in [5.74, 6) is 0.0206. The fourth-order valence-electron chi connectivity index (χ4n) is 1.15. The molecule has 4 nitrogen and oxygen atoms in total. The van der Waals surface area contributed by atoms with Gasteiger partial charge in [0.25, 0.3) is 0 Å². The van der Waals surface area contributed by atoms with Crippen LogP contribution in [0.5, 0.6) is 0 Å². The van der Waals surface area contributed by atoms with E-state index in [0.29, 0.717) is 13.0 Å². The third-order valence-corrected chi connectivity index (χ3v) is 2.96. The summed E-state index contributed by atoms with van der Waals surface area (Å²) >= 11 is 0. The number of hydrogen-bond donors (Lipinski definition) is 1. The van der Waals surface area contributed by atoms with Crippen LogP contribution in [-0.4, -0.2) is 36.0 Å². The van der Waals surface area contributed by atoms with E-state index in [2.05, 4.69) is 11.4 Å². The molecule has 0 saturated heterocycles. The number of carbonyl (C=O) groups is 1. The topological polar surface area (TPSA) is 56.1 Å². The lowest BCUT2D eigenvalue weighted by Crippen LogP contribution is -2.51. The van der Waals surface area contributed by atoms with E-state index in [1.165, 1.54) is 0 Å². The third kappa shape index (κ3) is 5.13. The van der Waals surface area contributed by atoms with Crippen LogP contribution in [0.4, 0.5) is 0 Å². The van der Waals surface area contributed by atoms with Gasteiger partial charge in [-0.25, -0.2) is 0 Å². The highest BCUT2D eigenvalue weighted by atomic mass is 16.2. The molecular formula is C12H23N3O. The highest BCUT2D eigenvalue weighted by molar-refractivity contribution is 5.81. The van der Waals surface area contributed by atoms with Gasteiger partial charge in [-0.05, 0) is 34.2 Å². The van der Waals surface area contributed by atoms with E-state index in [9.17, 15) is 4.79 Å². The first-order valence-corrected chi connectivity index (χ1v) is 5.73. The van der Waals surface area contributed by atoms with Crippen molar-refractivity contribution in [1.29, 1.82) is 5.26 Å². The molecule has 0 aromatic carbocycles. The van der Waals surface area contributed by atoms with Crippen molar-refractivity contribution in [1.82, 2.24) is 10.2 Å². The molecule has 0 aromatic heterocycles. The summed E-state index contributed by atoms with van der Waals surface area (Å²) in [6, 6.07) is 1.88. The second kappa shape index (κ2) is 6.49. The van der Waals surface area contributed by atoms with Crippen LogP contribution in [0.15, 0.2) is 0 Å². The van der Waals surface area contributed by atoms with E-state index < -0.39 is 0 Å². The molecule has 16 heavy (non-hydrogen) atoms. The van der Waals surface area contributed by atoms with E-state index in [0.717, 1.165) is 6.42 Å². The lowest BCUT2D eigenvalue weighted by atomic mass is 10.0. The molecule has 0 rings (SSSR count). The van der Waals surface area contributed by atoms with Crippen molar-refractivity contribution < 1.29 is 4.79 Å². The van der Waals surface area contributed by atoms with Gasteiger partial charge in [-0.1, -0.05) is 6.92 Å². The van der Waals surface area contributed by atoms with E-state index >= 15 is 0 Å². The summed E-state index contributed by atoms with van der Waals surface area (Å²) in [6.07, 6.45) is 1.35. The van der Waals surface area contributed by atoms with Crippen molar-refractivity contribution in [3.8, 4) is 6.07 Å². The van der Waals surface area contributed by atoms with Gasteiger partial charge in [0.2, 0.25) is 5.91 Å². The molecule has 0 aliphatic heterocycles. The van der Waals surface area contributed by atoms with Crippen LogP contribution in [0.1, 0.15) is 40.5 Å². The zero-order valence-corrected chi connectivity index (χ0v) is 11.0. The Morgan fingerprint density at radius 2 is 2.12 bits per heavy atom. The molecule has 0 aliphatic carbocycles. The van der Waals surface area contributed by atoms with Gasteiger partial charge in [-0.2, -0.15) is 5.26 Å². The first kappa shape index (κ1) is 14.9. The summed E-state index contributed by atoms with van der Waals surface area (Å²) in [4.78, 5) is 13.8. The smallest absolute Gasteiger partial charge is 0.237 e. The molecule has 92 valence electrons. The van der Waals surface area contributed by atoms with Gasteiger partial charge in [-0.3, -0.25) is 9.69 Å². The van der Waals surface area contributed by atoms with Gasteiger partial charge in [0.1, 0.15) is 0 Å². The molecule has 1 amide bonds. The summed E-state index contributed by atoms with van der Waals surface area (Å²) in [6.45, 7) is 8.54. The van der Waals surface area contributed by atoms with Crippen molar-refractivity contribution in [2.24, 2.45) is 0 Å². The van der Waals surface area contributed by atoms with Gasteiger partial charge in [0.15, 0.2) is 0 Å². The monoisotopic (exact) mass is 225 g/mol. The van der Waals surface area contributed by atoms with Crippen LogP contribution in [-0.2, 0) is 4.79 Å². The molecule has 0 aromatic rings. The van der Waals surface area contributed by atoms with E-state index in [4.69, 9.17) is 5.26 Å². The number of hydrogen-bond acceptors (Lipinski definition) is 3. The van der Waals surface area contributed by atoms with Crippen LogP contribution in [0.2, 0.25) is 0 Å². The summed E-state index contributed by atoms with van der Waals surface area (Å²) in [5.41, 5.74) is -0.165. The number of likely N-dealkylation sites (N-methyl/N-ethyl adjacent to an activating group) is 1. The molecule has 0 heterocycles. The standard InChI is InChI=1S/C12H23N3O/c1-6-12(3,4)14-11(16)10(2)15(5)9-7-8-13/h10H,6-7,9H2,1-5H3,(H,14,16). The maximum absolute atomic E-state index is 11.9. The minimum atomic E-state index is -0.195. The van der Waals surface area contributed by atoms with Gasteiger partial charge in [-0.15, -0.1) is 0 Å². The van der Waals surface area contributed by atoms with Crippen LogP contribution in [0.25, 0.3) is 0 Å². The van der Waals surface area contributed by atoms with Crippen LogP contribution >= 0.6 is 0 Å². The Balaban J connectivity index is 4.23. The van der Waals surface area contributed by atoms with E-state index in [1.807, 2.05) is 39.6 Å². The molecule has 0 saturated carbocycles. The molecule has 0 bridgehead atoms. The fourth-order valence-corrected chi connectivity index (χ4v) is 1.15. The predicted octanol–water partition coefficient (Wildman–Crippen LogP) is 1.53. The molecule has 0 fully saturated rings. The lowest BCUT2D eigenvalue weighted by molar-refractivity contribution is -0.127. The van der Waals surface area contributed by atoms with Crippen molar-refractivity contribution in [3.05, 3.63) is 0 Å². The van der Waals surface area contributed by atoms with Gasteiger partial charge in [0.05, 0.1) is 12.1 Å². The molecule has 0 aliphatic rings. The molecule has 0 radical (unpaired) electrons. The number of nitriles is 1. The second-order valence-electron chi connectivity index (χ2n) is 4.79. The Bertz CT molecular complexity index is 268. The predicted molar refractivity (Wildman–Crippen MR) is 64.8 cm³/mol. The molecule has 4 heteroatoms. The Hall–Kier alpha value is -1.08. The first-order valence-electron chi connectivity index (χ1n) is 5.73. The van der Waals surface area contributed by atoms with E-state index in [-0.39, 0.29) is 17.5 Å². The van der Waals surface area contributed by atoms with Crippen molar-refractivity contribution in [3.63, 3.8) is 0 Å². The highest BCUT2D eigenvalue weighted by Gasteiger charge is 2.23. The summed E-state index contributed by atoms with van der Waals surface area (Å²) < 4.78 is 0. The molecule has 1 N–H and O–H groups in total. The van der Waals surface area contributed by atoms with Crippen molar-refractivity contribution in [2.75, 3.05) is 13.6 Å². The Morgan fingerprint density at radius 1 is 1.56 bits per heavy atom. The van der Waals surface area contributed by atoms with E-state index in [1.54, 1.807) is 0 Å². The summed E-state index contributed by atoms with van der Waals surface area (Å²) in [7, 11) is 1.86. The maximum atomic E-state index is 11.9. The molecule has 1 unspecified atom stereocenters. The Kier molecular flexibility index (Phi) is 6.05. The third-order valence-electron chi connectivity index (χ3n) is 2.96. The first-order chi connectivity index (χ1) is 7.34. The summed E-state index contributed by atoms with van der Waals surface area (Å²) in [5, 5.41) is 11.5.